The molecule has 0 bridgehead atoms. The van der Waals surface area contributed by atoms with Gasteiger partial charge in [-0.25, -0.2) is 0 Å². The van der Waals surface area contributed by atoms with E-state index in [0.717, 1.165) is 18.0 Å². The van der Waals surface area contributed by atoms with E-state index in [0.29, 0.717) is 4.90 Å². The third-order valence-electron chi connectivity index (χ3n) is 1.31. The molecule has 0 aliphatic rings. The van der Waals surface area contributed by atoms with Gasteiger partial charge >= 0.3 is 11.7 Å². The summed E-state index contributed by atoms with van der Waals surface area (Å²) in [5.41, 5.74) is -0.168. The number of carbonyl (C=O) groups is 1. The van der Waals surface area contributed by atoms with Gasteiger partial charge in [0.2, 0.25) is 0 Å². The van der Waals surface area contributed by atoms with Gasteiger partial charge in [0.15, 0.2) is 0 Å². The SMILES string of the molecule is O=C(O)CSc1ccncc1[N+](=O)[O-]. The van der Waals surface area contributed by atoms with Gasteiger partial charge in [-0.15, -0.1) is 11.8 Å². The van der Waals surface area contributed by atoms with Crippen LogP contribution in [-0.4, -0.2) is 26.7 Å². The van der Waals surface area contributed by atoms with Crippen molar-refractivity contribution in [1.82, 2.24) is 4.98 Å². The minimum atomic E-state index is -1.01. The van der Waals surface area contributed by atoms with Crippen LogP contribution in [0.2, 0.25) is 0 Å². The molecule has 7 heteroatoms. The van der Waals surface area contributed by atoms with Crippen LogP contribution >= 0.6 is 11.8 Å². The number of carboxylic acids is 1. The number of aliphatic carboxylic acids is 1. The van der Waals surface area contributed by atoms with Crippen molar-refractivity contribution < 1.29 is 14.8 Å². The Balaban J connectivity index is 2.84. The number of hydrogen-bond donors (Lipinski definition) is 1. The molecule has 1 heterocycles. The first-order valence-corrected chi connectivity index (χ1v) is 4.53. The molecule has 0 radical (unpaired) electrons. The fourth-order valence-electron chi connectivity index (χ4n) is 0.772. The van der Waals surface area contributed by atoms with Crippen molar-refractivity contribution in [3.63, 3.8) is 0 Å². The zero-order valence-corrected chi connectivity index (χ0v) is 7.73. The number of nitrogens with zero attached hydrogens (tertiary/aromatic N) is 2. The van der Waals surface area contributed by atoms with Crippen LogP contribution in [-0.2, 0) is 4.79 Å². The zero-order chi connectivity index (χ0) is 10.6. The standard InChI is InChI=1S/C7H6N2O4S/c10-7(11)4-14-6-1-2-8-3-5(6)9(12)13/h1-3H,4H2,(H,10,11). The zero-order valence-electron chi connectivity index (χ0n) is 6.91. The van der Waals surface area contributed by atoms with Gasteiger partial charge in [0.05, 0.1) is 15.6 Å². The quantitative estimate of drug-likeness (QED) is 0.459. The maximum Gasteiger partial charge on any atom is 0.313 e. The summed E-state index contributed by atoms with van der Waals surface area (Å²) in [7, 11) is 0. The van der Waals surface area contributed by atoms with Gasteiger partial charge in [0.25, 0.3) is 0 Å². The molecular weight excluding hydrogens is 208 g/mol. The van der Waals surface area contributed by atoms with Crippen LogP contribution in [0.25, 0.3) is 0 Å². The monoisotopic (exact) mass is 214 g/mol. The van der Waals surface area contributed by atoms with Crippen LogP contribution < -0.4 is 0 Å². The summed E-state index contributed by atoms with van der Waals surface area (Å²) >= 11 is 0.902. The van der Waals surface area contributed by atoms with Crippen LogP contribution in [0.4, 0.5) is 5.69 Å². The lowest BCUT2D eigenvalue weighted by atomic mass is 10.4. The van der Waals surface area contributed by atoms with E-state index in [1.807, 2.05) is 0 Å². The molecule has 0 aromatic carbocycles. The molecule has 0 amide bonds. The molecule has 6 nitrogen and oxygen atoms in total. The second-order valence-corrected chi connectivity index (χ2v) is 3.30. The largest absolute Gasteiger partial charge is 0.481 e. The Morgan fingerprint density at radius 3 is 3.00 bits per heavy atom. The average molecular weight is 214 g/mol. The summed E-state index contributed by atoms with van der Waals surface area (Å²) in [5, 5.41) is 18.9. The summed E-state index contributed by atoms with van der Waals surface area (Å²) in [6, 6.07) is 1.42. The Kier molecular flexibility index (Phi) is 3.41. The van der Waals surface area contributed by atoms with Gasteiger partial charge in [-0.05, 0) is 6.07 Å². The second kappa shape index (κ2) is 4.56. The summed E-state index contributed by atoms with van der Waals surface area (Å²) in [6.45, 7) is 0. The van der Waals surface area contributed by atoms with E-state index >= 15 is 0 Å². The maximum absolute atomic E-state index is 10.5. The molecule has 0 aliphatic carbocycles. The van der Waals surface area contributed by atoms with Gasteiger partial charge in [-0.1, -0.05) is 0 Å². The summed E-state index contributed by atoms with van der Waals surface area (Å²) < 4.78 is 0. The highest BCUT2D eigenvalue weighted by molar-refractivity contribution is 8.00. The Labute approximate surface area is 83.1 Å². The van der Waals surface area contributed by atoms with Crippen molar-refractivity contribution in [3.8, 4) is 0 Å². The van der Waals surface area contributed by atoms with Crippen molar-refractivity contribution >= 4 is 23.4 Å². The van der Waals surface area contributed by atoms with Crippen LogP contribution in [0.3, 0.4) is 0 Å². The predicted octanol–water partition coefficient (Wildman–Crippen LogP) is 1.17. The van der Waals surface area contributed by atoms with Gasteiger partial charge in [-0.2, -0.15) is 0 Å². The summed E-state index contributed by atoms with van der Waals surface area (Å²) in [4.78, 5) is 24.0. The fraction of sp³-hybridized carbons (Fsp3) is 0.143. The topological polar surface area (TPSA) is 93.3 Å². The first-order chi connectivity index (χ1) is 6.61. The van der Waals surface area contributed by atoms with Crippen molar-refractivity contribution in [2.45, 2.75) is 4.90 Å². The molecular formula is C7H6N2O4S. The molecule has 74 valence electrons. The van der Waals surface area contributed by atoms with E-state index in [1.165, 1.54) is 12.3 Å². The van der Waals surface area contributed by atoms with E-state index in [-0.39, 0.29) is 11.4 Å². The minimum absolute atomic E-state index is 0.168. The molecule has 1 N–H and O–H groups in total. The predicted molar refractivity (Wildman–Crippen MR) is 49.3 cm³/mol. The van der Waals surface area contributed by atoms with E-state index in [2.05, 4.69) is 4.98 Å². The summed E-state index contributed by atoms with van der Waals surface area (Å²) in [6.07, 6.45) is 2.49. The molecule has 1 aromatic rings. The van der Waals surface area contributed by atoms with E-state index in [4.69, 9.17) is 5.11 Å². The van der Waals surface area contributed by atoms with Crippen molar-refractivity contribution in [2.24, 2.45) is 0 Å². The number of rotatable bonds is 4. The molecule has 0 fully saturated rings. The highest BCUT2D eigenvalue weighted by Gasteiger charge is 2.14. The fourth-order valence-corrected chi connectivity index (χ4v) is 1.48. The lowest BCUT2D eigenvalue weighted by Gasteiger charge is -1.98. The van der Waals surface area contributed by atoms with Crippen LogP contribution in [0.5, 0.6) is 0 Å². The van der Waals surface area contributed by atoms with Crippen LogP contribution in [0, 0.1) is 10.1 Å². The lowest BCUT2D eigenvalue weighted by molar-refractivity contribution is -0.388. The van der Waals surface area contributed by atoms with Crippen molar-refractivity contribution in [1.29, 1.82) is 0 Å². The smallest absolute Gasteiger partial charge is 0.313 e. The molecule has 1 aromatic heterocycles. The van der Waals surface area contributed by atoms with Crippen LogP contribution in [0.15, 0.2) is 23.4 Å². The Morgan fingerprint density at radius 2 is 2.43 bits per heavy atom. The normalized spacial score (nSPS) is 9.71. The number of hydrogen-bond acceptors (Lipinski definition) is 5. The Hall–Kier alpha value is -1.63. The molecule has 0 atom stereocenters. The second-order valence-electron chi connectivity index (χ2n) is 2.28. The number of carboxylic acid groups (broad SMARTS) is 1. The molecule has 1 rings (SSSR count). The maximum atomic E-state index is 10.5. The number of pyridine rings is 1. The molecule has 14 heavy (non-hydrogen) atoms. The van der Waals surface area contributed by atoms with Gasteiger partial charge < -0.3 is 5.11 Å². The van der Waals surface area contributed by atoms with E-state index in [9.17, 15) is 14.9 Å². The molecule has 0 spiro atoms. The lowest BCUT2D eigenvalue weighted by Crippen LogP contribution is -1.99. The molecule has 0 saturated carbocycles. The Morgan fingerprint density at radius 1 is 1.71 bits per heavy atom. The highest BCUT2D eigenvalue weighted by atomic mass is 32.2. The van der Waals surface area contributed by atoms with E-state index in [1.54, 1.807) is 0 Å². The third kappa shape index (κ3) is 2.70. The minimum Gasteiger partial charge on any atom is -0.481 e. The number of thioether (sulfide) groups is 1. The first kappa shape index (κ1) is 10.5. The van der Waals surface area contributed by atoms with Crippen LogP contribution in [0.1, 0.15) is 0 Å². The van der Waals surface area contributed by atoms with Gasteiger partial charge in [-0.3, -0.25) is 19.9 Å². The molecule has 0 saturated heterocycles. The van der Waals surface area contributed by atoms with E-state index < -0.39 is 10.9 Å². The summed E-state index contributed by atoms with van der Waals surface area (Å²) in [5.74, 6) is -1.22. The number of aromatic nitrogens is 1. The highest BCUT2D eigenvalue weighted by Crippen LogP contribution is 2.27. The van der Waals surface area contributed by atoms with Crippen molar-refractivity contribution in [3.05, 3.63) is 28.6 Å². The third-order valence-corrected chi connectivity index (χ3v) is 2.36. The van der Waals surface area contributed by atoms with Crippen molar-refractivity contribution in [2.75, 3.05) is 5.75 Å². The van der Waals surface area contributed by atoms with Gasteiger partial charge in [0, 0.05) is 6.20 Å². The van der Waals surface area contributed by atoms with Gasteiger partial charge in [0.1, 0.15) is 6.20 Å². The first-order valence-electron chi connectivity index (χ1n) is 3.54. The molecule has 0 aliphatic heterocycles. The average Bonchev–Trinajstić information content (AvgIpc) is 2.15. The molecule has 0 unspecified atom stereocenters. The number of nitro groups is 1. The Bertz CT molecular complexity index is 368.